The number of rotatable bonds is 12. The van der Waals surface area contributed by atoms with E-state index in [2.05, 4.69) is 18.7 Å². The number of amides is 1. The molecule has 1 aliphatic heterocycles. The van der Waals surface area contributed by atoms with Crippen LogP contribution in [0.1, 0.15) is 49.1 Å². The van der Waals surface area contributed by atoms with Crippen LogP contribution in [0.3, 0.4) is 0 Å². The number of carbonyl (C=O) groups is 2. The molecule has 1 unspecified atom stereocenters. The zero-order valence-corrected chi connectivity index (χ0v) is 23.7. The van der Waals surface area contributed by atoms with Gasteiger partial charge < -0.3 is 24.4 Å². The molecule has 1 fully saturated rings. The lowest BCUT2D eigenvalue weighted by Gasteiger charge is -2.28. The number of ketones is 1. The van der Waals surface area contributed by atoms with Gasteiger partial charge in [0.05, 0.1) is 18.2 Å². The SMILES string of the molecule is CCOc1ccc(C2/C(=C(\O)c3ccc(OCc4ccccc4)cc3C)C(=O)C(=O)N2CCN(CC)CC)cc1. The Labute approximate surface area is 236 Å². The zero-order valence-electron chi connectivity index (χ0n) is 23.7. The molecule has 3 aromatic rings. The topological polar surface area (TPSA) is 79.3 Å². The minimum absolute atomic E-state index is 0.0924. The molecule has 210 valence electrons. The summed E-state index contributed by atoms with van der Waals surface area (Å²) in [6, 6.07) is 21.9. The molecule has 1 aliphatic rings. The predicted molar refractivity (Wildman–Crippen MR) is 156 cm³/mol. The van der Waals surface area contributed by atoms with Crippen molar-refractivity contribution in [3.8, 4) is 11.5 Å². The van der Waals surface area contributed by atoms with Gasteiger partial charge in [-0.2, -0.15) is 0 Å². The Bertz CT molecular complexity index is 1350. The van der Waals surface area contributed by atoms with Crippen LogP contribution in [0.15, 0.2) is 78.4 Å². The first kappa shape index (κ1) is 28.9. The van der Waals surface area contributed by atoms with Gasteiger partial charge in [-0.25, -0.2) is 0 Å². The van der Waals surface area contributed by atoms with E-state index in [1.165, 1.54) is 0 Å². The number of benzene rings is 3. The molecule has 3 aromatic carbocycles. The van der Waals surface area contributed by atoms with E-state index >= 15 is 0 Å². The Morgan fingerprint density at radius 1 is 0.900 bits per heavy atom. The maximum Gasteiger partial charge on any atom is 0.295 e. The van der Waals surface area contributed by atoms with Gasteiger partial charge >= 0.3 is 0 Å². The smallest absolute Gasteiger partial charge is 0.295 e. The van der Waals surface area contributed by atoms with Gasteiger partial charge in [0.1, 0.15) is 23.9 Å². The van der Waals surface area contributed by atoms with Gasteiger partial charge in [-0.1, -0.05) is 56.3 Å². The molecule has 7 heteroatoms. The average molecular weight is 543 g/mol. The maximum atomic E-state index is 13.4. The van der Waals surface area contributed by atoms with Crippen LogP contribution in [0.4, 0.5) is 0 Å². The van der Waals surface area contributed by atoms with Gasteiger partial charge in [0.2, 0.25) is 0 Å². The molecule has 7 nitrogen and oxygen atoms in total. The van der Waals surface area contributed by atoms with Gasteiger partial charge in [-0.05, 0) is 74.0 Å². The molecule has 1 heterocycles. The van der Waals surface area contributed by atoms with E-state index in [9.17, 15) is 14.7 Å². The summed E-state index contributed by atoms with van der Waals surface area (Å²) in [6.07, 6.45) is 0. The fraction of sp³-hybridized carbons (Fsp3) is 0.333. The normalized spacial score (nSPS) is 16.5. The maximum absolute atomic E-state index is 13.4. The number of Topliss-reactive ketones (excluding diaryl/α,β-unsaturated/α-hetero) is 1. The lowest BCUT2D eigenvalue weighted by Crippen LogP contribution is -2.38. The van der Waals surface area contributed by atoms with E-state index < -0.39 is 17.7 Å². The fourth-order valence-electron chi connectivity index (χ4n) is 5.04. The van der Waals surface area contributed by atoms with E-state index in [-0.39, 0.29) is 11.3 Å². The van der Waals surface area contributed by atoms with Crippen molar-refractivity contribution in [2.24, 2.45) is 0 Å². The Morgan fingerprint density at radius 2 is 1.57 bits per heavy atom. The van der Waals surface area contributed by atoms with Crippen LogP contribution in [-0.2, 0) is 16.2 Å². The first-order valence-electron chi connectivity index (χ1n) is 13.9. The number of hydrogen-bond donors (Lipinski definition) is 1. The standard InChI is InChI=1S/C33H38N2O5/c1-5-34(6-2)19-20-35-30(25-13-15-26(16-14-25)39-7-3)29(32(37)33(35)38)31(36)28-18-17-27(21-23(28)4)40-22-24-11-9-8-10-12-24/h8-18,21,30,36H,5-7,19-20,22H2,1-4H3/b31-29+. The number of ether oxygens (including phenoxy) is 2. The quantitative estimate of drug-likeness (QED) is 0.179. The third kappa shape index (κ3) is 6.37. The molecule has 4 rings (SSSR count). The van der Waals surface area contributed by atoms with Gasteiger partial charge in [0.15, 0.2) is 0 Å². The lowest BCUT2D eigenvalue weighted by molar-refractivity contribution is -0.140. The van der Waals surface area contributed by atoms with Crippen molar-refractivity contribution in [2.75, 3.05) is 32.8 Å². The third-order valence-corrected chi connectivity index (χ3v) is 7.30. The van der Waals surface area contributed by atoms with Crippen molar-refractivity contribution in [3.05, 3.63) is 101 Å². The first-order chi connectivity index (χ1) is 19.4. The number of aliphatic hydroxyl groups excluding tert-OH is 1. The Balaban J connectivity index is 1.69. The monoisotopic (exact) mass is 542 g/mol. The Hall–Kier alpha value is -4.10. The van der Waals surface area contributed by atoms with Crippen molar-refractivity contribution in [3.63, 3.8) is 0 Å². The van der Waals surface area contributed by atoms with Crippen LogP contribution >= 0.6 is 0 Å². The third-order valence-electron chi connectivity index (χ3n) is 7.30. The van der Waals surface area contributed by atoms with E-state index in [1.807, 2.05) is 74.5 Å². The van der Waals surface area contributed by atoms with Crippen molar-refractivity contribution >= 4 is 17.4 Å². The second-order valence-corrected chi connectivity index (χ2v) is 9.77. The summed E-state index contributed by atoms with van der Waals surface area (Å²) >= 11 is 0. The summed E-state index contributed by atoms with van der Waals surface area (Å²) in [5.41, 5.74) is 3.11. The van der Waals surface area contributed by atoms with Crippen LogP contribution < -0.4 is 9.47 Å². The molecule has 40 heavy (non-hydrogen) atoms. The van der Waals surface area contributed by atoms with Gasteiger partial charge in [0.25, 0.3) is 11.7 Å². The van der Waals surface area contributed by atoms with Gasteiger partial charge in [0, 0.05) is 18.7 Å². The first-order valence-corrected chi connectivity index (χ1v) is 13.9. The number of hydrogen-bond acceptors (Lipinski definition) is 6. The molecule has 1 atom stereocenters. The highest BCUT2D eigenvalue weighted by atomic mass is 16.5. The number of carbonyl (C=O) groups excluding carboxylic acids is 2. The van der Waals surface area contributed by atoms with E-state index in [4.69, 9.17) is 9.47 Å². The molecule has 1 saturated heterocycles. The van der Waals surface area contributed by atoms with Crippen molar-refractivity contribution in [1.29, 1.82) is 0 Å². The molecule has 0 radical (unpaired) electrons. The Kier molecular flexibility index (Phi) is 9.61. The molecular weight excluding hydrogens is 504 g/mol. The van der Waals surface area contributed by atoms with E-state index in [1.54, 1.807) is 17.0 Å². The number of nitrogens with zero attached hydrogens (tertiary/aromatic N) is 2. The molecule has 0 aliphatic carbocycles. The molecule has 0 spiro atoms. The molecular formula is C33H38N2O5. The number of likely N-dealkylation sites (tertiary alicyclic amines) is 1. The minimum Gasteiger partial charge on any atom is -0.507 e. The average Bonchev–Trinajstić information content (AvgIpc) is 3.22. The summed E-state index contributed by atoms with van der Waals surface area (Å²) in [5, 5.41) is 11.6. The molecule has 0 saturated carbocycles. The summed E-state index contributed by atoms with van der Waals surface area (Å²) in [5.74, 6) is -0.114. The molecule has 0 aromatic heterocycles. The second-order valence-electron chi connectivity index (χ2n) is 9.77. The number of aliphatic hydroxyl groups is 1. The predicted octanol–water partition coefficient (Wildman–Crippen LogP) is 5.74. The van der Waals surface area contributed by atoms with Crippen LogP contribution in [0, 0.1) is 6.92 Å². The Morgan fingerprint density at radius 3 is 2.20 bits per heavy atom. The summed E-state index contributed by atoms with van der Waals surface area (Å²) in [4.78, 5) is 30.5. The van der Waals surface area contributed by atoms with E-state index in [0.29, 0.717) is 43.4 Å². The molecule has 1 amide bonds. The minimum atomic E-state index is -0.709. The lowest BCUT2D eigenvalue weighted by atomic mass is 9.94. The highest BCUT2D eigenvalue weighted by Crippen LogP contribution is 2.40. The van der Waals surface area contributed by atoms with Gasteiger partial charge in [-0.15, -0.1) is 0 Å². The van der Waals surface area contributed by atoms with Crippen LogP contribution in [-0.4, -0.2) is 59.4 Å². The van der Waals surface area contributed by atoms with E-state index in [0.717, 1.165) is 29.8 Å². The summed E-state index contributed by atoms with van der Waals surface area (Å²) in [7, 11) is 0. The second kappa shape index (κ2) is 13.3. The number of likely N-dealkylation sites (N-methyl/N-ethyl adjacent to an activating group) is 1. The van der Waals surface area contributed by atoms with Crippen LogP contribution in [0.2, 0.25) is 0 Å². The highest BCUT2D eigenvalue weighted by molar-refractivity contribution is 6.46. The summed E-state index contributed by atoms with van der Waals surface area (Å²) < 4.78 is 11.5. The van der Waals surface area contributed by atoms with Crippen LogP contribution in [0.5, 0.6) is 11.5 Å². The zero-order chi connectivity index (χ0) is 28.6. The molecule has 0 bridgehead atoms. The van der Waals surface area contributed by atoms with Crippen molar-refractivity contribution < 1.29 is 24.2 Å². The highest BCUT2D eigenvalue weighted by Gasteiger charge is 2.46. The number of aryl methyl sites for hydroxylation is 1. The molecule has 1 N–H and O–H groups in total. The fourth-order valence-corrected chi connectivity index (χ4v) is 5.04. The van der Waals surface area contributed by atoms with Crippen LogP contribution in [0.25, 0.3) is 5.76 Å². The van der Waals surface area contributed by atoms with Crippen molar-refractivity contribution in [1.82, 2.24) is 9.80 Å². The summed E-state index contributed by atoms with van der Waals surface area (Å²) in [6.45, 7) is 11.5. The van der Waals surface area contributed by atoms with Gasteiger partial charge in [-0.3, -0.25) is 9.59 Å². The largest absolute Gasteiger partial charge is 0.507 e. The van der Waals surface area contributed by atoms with Crippen molar-refractivity contribution in [2.45, 2.75) is 40.3 Å².